The van der Waals surface area contributed by atoms with Crippen LogP contribution in [0.1, 0.15) is 47.1 Å². The molecule has 1 heterocycles. The third kappa shape index (κ3) is 5.60. The fourth-order valence-corrected chi connectivity index (χ4v) is 6.29. The van der Waals surface area contributed by atoms with Crippen molar-refractivity contribution in [3.05, 3.63) is 114 Å². The summed E-state index contributed by atoms with van der Waals surface area (Å²) in [7, 11) is -2.16. The maximum absolute atomic E-state index is 13.4. The van der Waals surface area contributed by atoms with Crippen LogP contribution in [0.3, 0.4) is 0 Å². The highest BCUT2D eigenvalue weighted by atomic mass is 32.2. The minimum Gasteiger partial charge on any atom is -0.478 e. The lowest BCUT2D eigenvalue weighted by Crippen LogP contribution is -2.26. The summed E-state index contributed by atoms with van der Waals surface area (Å²) in [5.74, 6) is -0.00322. The fraction of sp³-hybridized carbons (Fsp3) is 0.212. The molecule has 5 aromatic rings. The van der Waals surface area contributed by atoms with Crippen LogP contribution in [0.4, 0.5) is 5.69 Å². The third-order valence-corrected chi connectivity index (χ3v) is 9.19. The second-order valence-electron chi connectivity index (χ2n) is 10.2. The molecular weight excluding hydrogens is 534 g/mol. The van der Waals surface area contributed by atoms with Gasteiger partial charge in [-0.25, -0.2) is 18.2 Å². The van der Waals surface area contributed by atoms with E-state index in [1.54, 1.807) is 49.5 Å². The number of anilines is 1. The number of rotatable bonds is 10. The van der Waals surface area contributed by atoms with Gasteiger partial charge >= 0.3 is 5.97 Å². The Kier molecular flexibility index (Phi) is 7.94. The molecule has 0 bridgehead atoms. The molecule has 0 saturated heterocycles. The van der Waals surface area contributed by atoms with E-state index >= 15 is 0 Å². The van der Waals surface area contributed by atoms with Gasteiger partial charge in [0.2, 0.25) is 0 Å². The van der Waals surface area contributed by atoms with Crippen LogP contribution in [0.2, 0.25) is 0 Å². The van der Waals surface area contributed by atoms with Crippen LogP contribution in [0, 0.1) is 6.92 Å². The molecular formula is C33H33N3O4S. The summed E-state index contributed by atoms with van der Waals surface area (Å²) >= 11 is 0. The zero-order chi connectivity index (χ0) is 29.1. The molecule has 0 aliphatic heterocycles. The van der Waals surface area contributed by atoms with Crippen molar-refractivity contribution < 1.29 is 18.3 Å². The standard InChI is InChI=1S/C33H33N3O4S/c1-4-5-15-31-34-32-23(2)20-26(35(3)41(39,40)27-11-7-6-8-12-27)21-30(32)36(31)22-24-16-18-25(19-17-24)28-13-9-10-14-29(28)33(37)38/h6-14,16-21H,4-5,15,22H2,1-3H3,(H,37,38). The Morgan fingerprint density at radius 3 is 2.32 bits per heavy atom. The van der Waals surface area contributed by atoms with Crippen LogP contribution in [0.25, 0.3) is 22.2 Å². The Morgan fingerprint density at radius 1 is 0.951 bits per heavy atom. The Balaban J connectivity index is 1.55. The number of nitrogens with zero attached hydrogens (tertiary/aromatic N) is 3. The topological polar surface area (TPSA) is 92.5 Å². The number of carboxylic acid groups (broad SMARTS) is 1. The number of imidazole rings is 1. The molecule has 0 aliphatic carbocycles. The van der Waals surface area contributed by atoms with E-state index in [9.17, 15) is 18.3 Å². The van der Waals surface area contributed by atoms with E-state index in [4.69, 9.17) is 4.98 Å². The number of benzene rings is 4. The van der Waals surface area contributed by atoms with Crippen LogP contribution >= 0.6 is 0 Å². The van der Waals surface area contributed by atoms with E-state index in [1.807, 2.05) is 55.5 Å². The predicted molar refractivity (Wildman–Crippen MR) is 163 cm³/mol. The number of aromatic carboxylic acids is 1. The maximum Gasteiger partial charge on any atom is 0.336 e. The molecule has 1 aromatic heterocycles. The van der Waals surface area contributed by atoms with Crippen molar-refractivity contribution in [1.29, 1.82) is 0 Å². The van der Waals surface area contributed by atoms with Gasteiger partial charge in [0.1, 0.15) is 5.82 Å². The van der Waals surface area contributed by atoms with Crippen LogP contribution in [-0.2, 0) is 23.0 Å². The third-order valence-electron chi connectivity index (χ3n) is 7.39. The quantitative estimate of drug-likeness (QED) is 0.198. The van der Waals surface area contributed by atoms with Crippen LogP contribution in [-0.4, -0.2) is 36.1 Å². The van der Waals surface area contributed by atoms with Crippen LogP contribution in [0.15, 0.2) is 95.9 Å². The molecule has 210 valence electrons. The number of unbranched alkanes of at least 4 members (excludes halogenated alkanes) is 1. The lowest BCUT2D eigenvalue weighted by atomic mass is 9.99. The number of carboxylic acids is 1. The number of hydrogen-bond donors (Lipinski definition) is 1. The number of aryl methyl sites for hydroxylation is 2. The van der Waals surface area contributed by atoms with Gasteiger partial charge < -0.3 is 9.67 Å². The Hall–Kier alpha value is -4.43. The van der Waals surface area contributed by atoms with E-state index in [1.165, 1.54) is 4.31 Å². The van der Waals surface area contributed by atoms with Crippen molar-refractivity contribution in [2.75, 3.05) is 11.4 Å². The fourth-order valence-electron chi connectivity index (χ4n) is 5.09. The molecule has 0 amide bonds. The molecule has 1 N–H and O–H groups in total. The number of fused-ring (bicyclic) bond motifs is 1. The molecule has 0 spiro atoms. The zero-order valence-electron chi connectivity index (χ0n) is 23.4. The molecule has 5 rings (SSSR count). The summed E-state index contributed by atoms with van der Waals surface area (Å²) in [6.45, 7) is 4.66. The molecule has 8 heteroatoms. The van der Waals surface area contributed by atoms with Crippen LogP contribution in [0.5, 0.6) is 0 Å². The van der Waals surface area contributed by atoms with Gasteiger partial charge in [0.05, 0.1) is 27.2 Å². The van der Waals surface area contributed by atoms with Crippen molar-refractivity contribution in [3.8, 4) is 11.1 Å². The maximum atomic E-state index is 13.4. The SMILES string of the molecule is CCCCc1nc2c(C)cc(N(C)S(=O)(=O)c3ccccc3)cc2n1Cc1ccc(-c2ccccc2C(=O)O)cc1. The van der Waals surface area contributed by atoms with E-state index < -0.39 is 16.0 Å². The Bertz CT molecular complexity index is 1810. The smallest absolute Gasteiger partial charge is 0.336 e. The average Bonchev–Trinajstić information content (AvgIpc) is 3.33. The first kappa shape index (κ1) is 28.1. The molecule has 4 aromatic carbocycles. The van der Waals surface area contributed by atoms with E-state index in [0.29, 0.717) is 17.8 Å². The summed E-state index contributed by atoms with van der Waals surface area (Å²) in [5.41, 5.74) is 6.02. The number of hydrogen-bond acceptors (Lipinski definition) is 4. The lowest BCUT2D eigenvalue weighted by molar-refractivity contribution is 0.0697. The summed E-state index contributed by atoms with van der Waals surface area (Å²) in [6, 6.07) is 27.1. The average molecular weight is 568 g/mol. The van der Waals surface area contributed by atoms with Crippen molar-refractivity contribution in [2.24, 2.45) is 0 Å². The largest absolute Gasteiger partial charge is 0.478 e. The molecule has 0 radical (unpaired) electrons. The minimum absolute atomic E-state index is 0.238. The molecule has 0 saturated carbocycles. The van der Waals surface area contributed by atoms with Crippen molar-refractivity contribution >= 4 is 32.7 Å². The highest BCUT2D eigenvalue weighted by molar-refractivity contribution is 7.92. The highest BCUT2D eigenvalue weighted by Gasteiger charge is 2.23. The molecule has 0 unspecified atom stereocenters. The van der Waals surface area contributed by atoms with Gasteiger partial charge in [0, 0.05) is 20.0 Å². The normalized spacial score (nSPS) is 11.6. The van der Waals surface area contributed by atoms with Crippen molar-refractivity contribution in [2.45, 2.75) is 44.6 Å². The monoisotopic (exact) mass is 567 g/mol. The van der Waals surface area contributed by atoms with Gasteiger partial charge in [-0.05, 0) is 65.9 Å². The van der Waals surface area contributed by atoms with Gasteiger partial charge in [-0.1, -0.05) is 74.0 Å². The molecule has 7 nitrogen and oxygen atoms in total. The van der Waals surface area contributed by atoms with Gasteiger partial charge in [-0.15, -0.1) is 0 Å². The van der Waals surface area contributed by atoms with E-state index in [-0.39, 0.29) is 10.5 Å². The first-order chi connectivity index (χ1) is 19.7. The van der Waals surface area contributed by atoms with Gasteiger partial charge in [-0.2, -0.15) is 0 Å². The molecule has 0 aliphatic rings. The lowest BCUT2D eigenvalue weighted by Gasteiger charge is -2.20. The summed E-state index contributed by atoms with van der Waals surface area (Å²) in [5, 5.41) is 9.60. The minimum atomic E-state index is -3.74. The first-order valence-corrected chi connectivity index (χ1v) is 15.1. The number of sulfonamides is 1. The van der Waals surface area contributed by atoms with Gasteiger partial charge in [0.25, 0.3) is 10.0 Å². The van der Waals surface area contributed by atoms with Crippen molar-refractivity contribution in [1.82, 2.24) is 9.55 Å². The second kappa shape index (κ2) is 11.6. The summed E-state index contributed by atoms with van der Waals surface area (Å²) < 4.78 is 30.3. The highest BCUT2D eigenvalue weighted by Crippen LogP contribution is 2.31. The van der Waals surface area contributed by atoms with E-state index in [2.05, 4.69) is 11.5 Å². The molecule has 41 heavy (non-hydrogen) atoms. The molecule has 0 atom stereocenters. The van der Waals surface area contributed by atoms with Gasteiger partial charge in [-0.3, -0.25) is 4.31 Å². The van der Waals surface area contributed by atoms with Gasteiger partial charge in [0.15, 0.2) is 0 Å². The van der Waals surface area contributed by atoms with E-state index in [0.717, 1.165) is 52.8 Å². The van der Waals surface area contributed by atoms with Crippen LogP contribution < -0.4 is 4.31 Å². The summed E-state index contributed by atoms with van der Waals surface area (Å²) in [4.78, 5) is 16.9. The zero-order valence-corrected chi connectivity index (χ0v) is 24.2. The molecule has 0 fully saturated rings. The number of carbonyl (C=O) groups is 1. The summed E-state index contributed by atoms with van der Waals surface area (Å²) in [6.07, 6.45) is 2.83. The van der Waals surface area contributed by atoms with Crippen molar-refractivity contribution in [3.63, 3.8) is 0 Å². The first-order valence-electron chi connectivity index (χ1n) is 13.7. The Labute approximate surface area is 240 Å². The second-order valence-corrected chi connectivity index (χ2v) is 12.2. The number of aromatic nitrogens is 2. The Morgan fingerprint density at radius 2 is 1.63 bits per heavy atom. The predicted octanol–water partition coefficient (Wildman–Crippen LogP) is 6.93.